The fourth-order valence-corrected chi connectivity index (χ4v) is 3.47. The van der Waals surface area contributed by atoms with Gasteiger partial charge in [0.1, 0.15) is 11.5 Å². The molecule has 1 aliphatic rings. The SMILES string of the molecule is COc1cc(C)c(C2(CN)CCCCC2)c(OC)c1. The monoisotopic (exact) mass is 263 g/mol. The van der Waals surface area contributed by atoms with Gasteiger partial charge >= 0.3 is 0 Å². The Bertz CT molecular complexity index is 437. The molecule has 19 heavy (non-hydrogen) atoms. The van der Waals surface area contributed by atoms with E-state index in [1.54, 1.807) is 14.2 Å². The molecule has 2 N–H and O–H groups in total. The zero-order chi connectivity index (χ0) is 13.9. The average molecular weight is 263 g/mol. The van der Waals surface area contributed by atoms with Crippen LogP contribution in [0.1, 0.15) is 43.2 Å². The molecule has 0 unspecified atom stereocenters. The first-order valence-electron chi connectivity index (χ1n) is 7.10. The minimum absolute atomic E-state index is 0.0833. The highest BCUT2D eigenvalue weighted by Crippen LogP contribution is 2.45. The van der Waals surface area contributed by atoms with E-state index in [1.165, 1.54) is 30.4 Å². The summed E-state index contributed by atoms with van der Waals surface area (Å²) in [6.45, 7) is 2.82. The maximum atomic E-state index is 6.15. The smallest absolute Gasteiger partial charge is 0.126 e. The molecule has 1 aliphatic carbocycles. The lowest BCUT2D eigenvalue weighted by atomic mass is 9.68. The Labute approximate surface area is 116 Å². The minimum atomic E-state index is 0.0833. The van der Waals surface area contributed by atoms with Crippen LogP contribution in [0.5, 0.6) is 11.5 Å². The van der Waals surface area contributed by atoms with E-state index in [0.29, 0.717) is 6.54 Å². The van der Waals surface area contributed by atoms with Crippen molar-refractivity contribution in [3.8, 4) is 11.5 Å². The average Bonchev–Trinajstić information content (AvgIpc) is 2.46. The normalized spacial score (nSPS) is 18.1. The van der Waals surface area contributed by atoms with Gasteiger partial charge in [0, 0.05) is 23.6 Å². The molecule has 0 radical (unpaired) electrons. The van der Waals surface area contributed by atoms with Crippen LogP contribution in [0.3, 0.4) is 0 Å². The third-order valence-corrected chi connectivity index (χ3v) is 4.46. The van der Waals surface area contributed by atoms with Gasteiger partial charge in [-0.2, -0.15) is 0 Å². The third-order valence-electron chi connectivity index (χ3n) is 4.46. The number of nitrogens with two attached hydrogens (primary N) is 1. The fraction of sp³-hybridized carbons (Fsp3) is 0.625. The molecular formula is C16H25NO2. The maximum Gasteiger partial charge on any atom is 0.126 e. The minimum Gasteiger partial charge on any atom is -0.497 e. The van der Waals surface area contributed by atoms with E-state index in [-0.39, 0.29) is 5.41 Å². The van der Waals surface area contributed by atoms with Crippen molar-refractivity contribution in [2.24, 2.45) is 5.73 Å². The van der Waals surface area contributed by atoms with Crippen LogP contribution in [0.2, 0.25) is 0 Å². The molecule has 0 spiro atoms. The van der Waals surface area contributed by atoms with E-state index < -0.39 is 0 Å². The molecule has 0 saturated heterocycles. The van der Waals surface area contributed by atoms with Crippen molar-refractivity contribution < 1.29 is 9.47 Å². The molecule has 106 valence electrons. The molecule has 3 nitrogen and oxygen atoms in total. The molecule has 0 bridgehead atoms. The Morgan fingerprint density at radius 2 is 1.79 bits per heavy atom. The summed E-state index contributed by atoms with van der Waals surface area (Å²) < 4.78 is 10.9. The molecule has 2 rings (SSSR count). The highest BCUT2D eigenvalue weighted by molar-refractivity contribution is 5.50. The number of aryl methyl sites for hydroxylation is 1. The van der Waals surface area contributed by atoms with Gasteiger partial charge in [-0.15, -0.1) is 0 Å². The van der Waals surface area contributed by atoms with Crippen LogP contribution >= 0.6 is 0 Å². The van der Waals surface area contributed by atoms with Crippen LogP contribution in [-0.2, 0) is 5.41 Å². The number of methoxy groups -OCH3 is 2. The Morgan fingerprint density at radius 3 is 2.32 bits per heavy atom. The van der Waals surface area contributed by atoms with Gasteiger partial charge in [0.25, 0.3) is 0 Å². The van der Waals surface area contributed by atoms with E-state index in [2.05, 4.69) is 13.0 Å². The molecule has 0 amide bonds. The van der Waals surface area contributed by atoms with Gasteiger partial charge in [-0.3, -0.25) is 0 Å². The summed E-state index contributed by atoms with van der Waals surface area (Å²) in [5.41, 5.74) is 8.75. The lowest BCUT2D eigenvalue weighted by Gasteiger charge is -2.38. The van der Waals surface area contributed by atoms with Crippen LogP contribution in [0.25, 0.3) is 0 Å². The van der Waals surface area contributed by atoms with Crippen molar-refractivity contribution >= 4 is 0 Å². The van der Waals surface area contributed by atoms with Gasteiger partial charge in [-0.25, -0.2) is 0 Å². The molecule has 1 aromatic rings. The summed E-state index contributed by atoms with van der Waals surface area (Å²) in [6, 6.07) is 4.07. The molecule has 0 aliphatic heterocycles. The highest BCUT2D eigenvalue weighted by atomic mass is 16.5. The first-order chi connectivity index (χ1) is 9.16. The molecule has 1 fully saturated rings. The molecular weight excluding hydrogens is 238 g/mol. The molecule has 0 aromatic heterocycles. The van der Waals surface area contributed by atoms with Crippen molar-refractivity contribution in [3.05, 3.63) is 23.3 Å². The van der Waals surface area contributed by atoms with E-state index in [4.69, 9.17) is 15.2 Å². The summed E-state index contributed by atoms with van der Waals surface area (Å²) in [5, 5.41) is 0. The number of hydrogen-bond acceptors (Lipinski definition) is 3. The van der Waals surface area contributed by atoms with E-state index in [9.17, 15) is 0 Å². The van der Waals surface area contributed by atoms with Crippen molar-refractivity contribution in [2.75, 3.05) is 20.8 Å². The van der Waals surface area contributed by atoms with Crippen LogP contribution in [0, 0.1) is 6.92 Å². The molecule has 1 saturated carbocycles. The fourth-order valence-electron chi connectivity index (χ4n) is 3.47. The molecule has 0 atom stereocenters. The topological polar surface area (TPSA) is 44.5 Å². The van der Waals surface area contributed by atoms with Crippen molar-refractivity contribution in [3.63, 3.8) is 0 Å². The van der Waals surface area contributed by atoms with Gasteiger partial charge in [-0.05, 0) is 31.4 Å². The van der Waals surface area contributed by atoms with Gasteiger partial charge in [0.2, 0.25) is 0 Å². The summed E-state index contributed by atoms with van der Waals surface area (Å²) in [4.78, 5) is 0. The third kappa shape index (κ3) is 2.57. The number of rotatable bonds is 4. The van der Waals surface area contributed by atoms with E-state index in [1.807, 2.05) is 6.07 Å². The standard InChI is InChI=1S/C16H25NO2/c1-12-9-13(18-2)10-14(19-3)15(12)16(11-17)7-5-4-6-8-16/h9-10H,4-8,11,17H2,1-3H3. The van der Waals surface area contributed by atoms with Crippen LogP contribution < -0.4 is 15.2 Å². The zero-order valence-corrected chi connectivity index (χ0v) is 12.3. The number of benzene rings is 1. The second kappa shape index (κ2) is 5.83. The van der Waals surface area contributed by atoms with Gasteiger partial charge in [0.05, 0.1) is 14.2 Å². The number of ether oxygens (including phenoxy) is 2. The van der Waals surface area contributed by atoms with Crippen molar-refractivity contribution in [1.29, 1.82) is 0 Å². The quantitative estimate of drug-likeness (QED) is 0.907. The van der Waals surface area contributed by atoms with Crippen molar-refractivity contribution in [2.45, 2.75) is 44.4 Å². The first-order valence-corrected chi connectivity index (χ1v) is 7.10. The van der Waals surface area contributed by atoms with Crippen LogP contribution in [0.4, 0.5) is 0 Å². The highest BCUT2D eigenvalue weighted by Gasteiger charge is 2.36. The summed E-state index contributed by atoms with van der Waals surface area (Å²) in [5.74, 6) is 1.77. The maximum absolute atomic E-state index is 6.15. The Hall–Kier alpha value is -1.22. The van der Waals surface area contributed by atoms with Crippen LogP contribution in [-0.4, -0.2) is 20.8 Å². The Balaban J connectivity index is 2.52. The second-order valence-electron chi connectivity index (χ2n) is 5.57. The summed E-state index contributed by atoms with van der Waals surface area (Å²) in [7, 11) is 3.41. The predicted molar refractivity (Wildman–Crippen MR) is 78.1 cm³/mol. The zero-order valence-electron chi connectivity index (χ0n) is 12.3. The van der Waals surface area contributed by atoms with E-state index >= 15 is 0 Å². The lowest BCUT2D eigenvalue weighted by Crippen LogP contribution is -2.38. The molecule has 3 heteroatoms. The van der Waals surface area contributed by atoms with Gasteiger partial charge < -0.3 is 15.2 Å². The van der Waals surface area contributed by atoms with Crippen molar-refractivity contribution in [1.82, 2.24) is 0 Å². The Morgan fingerprint density at radius 1 is 1.11 bits per heavy atom. The second-order valence-corrected chi connectivity index (χ2v) is 5.57. The largest absolute Gasteiger partial charge is 0.497 e. The Kier molecular flexibility index (Phi) is 4.35. The van der Waals surface area contributed by atoms with E-state index in [0.717, 1.165) is 24.3 Å². The van der Waals surface area contributed by atoms with Crippen LogP contribution in [0.15, 0.2) is 12.1 Å². The molecule has 0 heterocycles. The van der Waals surface area contributed by atoms with Gasteiger partial charge in [-0.1, -0.05) is 19.3 Å². The summed E-state index contributed by atoms with van der Waals surface area (Å²) >= 11 is 0. The van der Waals surface area contributed by atoms with Gasteiger partial charge in [0.15, 0.2) is 0 Å². The predicted octanol–water partition coefficient (Wildman–Crippen LogP) is 3.17. The summed E-state index contributed by atoms with van der Waals surface area (Å²) in [6.07, 6.45) is 6.15. The lowest BCUT2D eigenvalue weighted by molar-refractivity contribution is 0.285. The molecule has 1 aromatic carbocycles. The first kappa shape index (κ1) is 14.2. The number of hydrogen-bond donors (Lipinski definition) is 1.